The van der Waals surface area contributed by atoms with Crippen LogP contribution in [-0.2, 0) is 11.2 Å². The molecule has 11 heavy (non-hydrogen) atoms. The molecule has 2 nitrogen and oxygen atoms in total. The molecule has 0 fully saturated rings. The standard InChI is InChI=1S/C8H10ClNO/c1-11-6-4-7-3-2-5-10-8(7)9/h2-3,5H,4,6H2,1H3. The molecule has 0 bridgehead atoms. The first kappa shape index (κ1) is 8.50. The highest BCUT2D eigenvalue weighted by Crippen LogP contribution is 2.11. The highest BCUT2D eigenvalue weighted by atomic mass is 35.5. The number of methoxy groups -OCH3 is 1. The molecule has 1 heterocycles. The van der Waals surface area contributed by atoms with E-state index in [1.807, 2.05) is 12.1 Å². The molecule has 1 rings (SSSR count). The lowest BCUT2D eigenvalue weighted by molar-refractivity contribution is 0.202. The Morgan fingerprint density at radius 2 is 2.45 bits per heavy atom. The number of nitrogens with zero attached hydrogens (tertiary/aromatic N) is 1. The Morgan fingerprint density at radius 1 is 1.64 bits per heavy atom. The Kier molecular flexibility index (Phi) is 3.33. The van der Waals surface area contributed by atoms with Crippen LogP contribution in [0.5, 0.6) is 0 Å². The average molecular weight is 172 g/mol. The molecule has 0 aliphatic carbocycles. The van der Waals surface area contributed by atoms with Gasteiger partial charge in [0.05, 0.1) is 6.61 Å². The number of pyridine rings is 1. The van der Waals surface area contributed by atoms with E-state index in [0.29, 0.717) is 11.8 Å². The van der Waals surface area contributed by atoms with Gasteiger partial charge in [0.15, 0.2) is 0 Å². The smallest absolute Gasteiger partial charge is 0.132 e. The van der Waals surface area contributed by atoms with E-state index < -0.39 is 0 Å². The van der Waals surface area contributed by atoms with Crippen molar-refractivity contribution in [1.29, 1.82) is 0 Å². The van der Waals surface area contributed by atoms with Crippen LogP contribution < -0.4 is 0 Å². The summed E-state index contributed by atoms with van der Waals surface area (Å²) in [6.07, 6.45) is 2.50. The summed E-state index contributed by atoms with van der Waals surface area (Å²) in [5.74, 6) is 0. The zero-order valence-electron chi connectivity index (χ0n) is 6.38. The average Bonchev–Trinajstić information content (AvgIpc) is 2.03. The molecule has 1 aromatic rings. The first-order valence-corrected chi connectivity index (χ1v) is 3.80. The first-order chi connectivity index (χ1) is 5.34. The number of ether oxygens (including phenoxy) is 1. The van der Waals surface area contributed by atoms with Crippen LogP contribution in [0.2, 0.25) is 5.15 Å². The number of rotatable bonds is 3. The number of hydrogen-bond donors (Lipinski definition) is 0. The van der Waals surface area contributed by atoms with Crippen LogP contribution in [0.4, 0.5) is 0 Å². The summed E-state index contributed by atoms with van der Waals surface area (Å²) >= 11 is 5.79. The van der Waals surface area contributed by atoms with E-state index >= 15 is 0 Å². The molecule has 0 aromatic carbocycles. The van der Waals surface area contributed by atoms with Gasteiger partial charge in [0.1, 0.15) is 5.15 Å². The SMILES string of the molecule is COCCc1cccnc1Cl. The summed E-state index contributed by atoms with van der Waals surface area (Å²) in [7, 11) is 1.67. The first-order valence-electron chi connectivity index (χ1n) is 3.43. The largest absolute Gasteiger partial charge is 0.384 e. The molecule has 3 heteroatoms. The molecule has 0 aliphatic heterocycles. The van der Waals surface area contributed by atoms with Crippen LogP contribution in [0.1, 0.15) is 5.56 Å². The van der Waals surface area contributed by atoms with Crippen LogP contribution >= 0.6 is 11.6 Å². The van der Waals surface area contributed by atoms with Crippen molar-refractivity contribution in [3.63, 3.8) is 0 Å². The van der Waals surface area contributed by atoms with Gasteiger partial charge in [-0.05, 0) is 18.1 Å². The van der Waals surface area contributed by atoms with Crippen LogP contribution in [0.3, 0.4) is 0 Å². The molecule has 60 valence electrons. The van der Waals surface area contributed by atoms with E-state index in [4.69, 9.17) is 16.3 Å². The van der Waals surface area contributed by atoms with Gasteiger partial charge in [0.2, 0.25) is 0 Å². The van der Waals surface area contributed by atoms with E-state index in [2.05, 4.69) is 4.98 Å². The summed E-state index contributed by atoms with van der Waals surface area (Å²) in [5, 5.41) is 0.574. The molecule has 0 unspecified atom stereocenters. The van der Waals surface area contributed by atoms with Gasteiger partial charge in [-0.2, -0.15) is 0 Å². The molecule has 0 amide bonds. The van der Waals surface area contributed by atoms with Gasteiger partial charge in [0, 0.05) is 13.3 Å². The van der Waals surface area contributed by atoms with Crippen LogP contribution in [0, 0.1) is 0 Å². The summed E-state index contributed by atoms with van der Waals surface area (Å²) in [5.41, 5.74) is 1.04. The third-order valence-corrected chi connectivity index (χ3v) is 1.75. The Morgan fingerprint density at radius 3 is 3.09 bits per heavy atom. The highest BCUT2D eigenvalue weighted by molar-refractivity contribution is 6.30. The quantitative estimate of drug-likeness (QED) is 0.649. The maximum atomic E-state index is 5.79. The molecular formula is C8H10ClNO. The highest BCUT2D eigenvalue weighted by Gasteiger charge is 1.97. The van der Waals surface area contributed by atoms with Gasteiger partial charge in [-0.3, -0.25) is 0 Å². The van der Waals surface area contributed by atoms with Gasteiger partial charge < -0.3 is 4.74 Å². The minimum Gasteiger partial charge on any atom is -0.384 e. The molecule has 0 saturated carbocycles. The molecule has 1 aromatic heterocycles. The second-order valence-corrected chi connectivity index (χ2v) is 2.55. The second kappa shape index (κ2) is 4.31. The maximum absolute atomic E-state index is 5.79. The Bertz CT molecular complexity index is 227. The zero-order chi connectivity index (χ0) is 8.10. The third-order valence-electron chi connectivity index (χ3n) is 1.41. The fraction of sp³-hybridized carbons (Fsp3) is 0.375. The molecular weight excluding hydrogens is 162 g/mol. The van der Waals surface area contributed by atoms with E-state index in [-0.39, 0.29) is 0 Å². The normalized spacial score (nSPS) is 10.0. The van der Waals surface area contributed by atoms with E-state index in [1.165, 1.54) is 0 Å². The van der Waals surface area contributed by atoms with Gasteiger partial charge in [-0.25, -0.2) is 4.98 Å². The predicted octanol–water partition coefficient (Wildman–Crippen LogP) is 1.92. The lowest BCUT2D eigenvalue weighted by atomic mass is 10.2. The second-order valence-electron chi connectivity index (χ2n) is 2.20. The van der Waals surface area contributed by atoms with E-state index in [9.17, 15) is 0 Å². The summed E-state index contributed by atoms with van der Waals surface area (Å²) in [4.78, 5) is 3.94. The van der Waals surface area contributed by atoms with Crippen molar-refractivity contribution in [2.75, 3.05) is 13.7 Å². The topological polar surface area (TPSA) is 22.1 Å². The zero-order valence-corrected chi connectivity index (χ0v) is 7.14. The van der Waals surface area contributed by atoms with Crippen LogP contribution in [0.15, 0.2) is 18.3 Å². The lowest BCUT2D eigenvalue weighted by Gasteiger charge is -2.00. The number of hydrogen-bond acceptors (Lipinski definition) is 2. The van der Waals surface area contributed by atoms with E-state index in [1.54, 1.807) is 13.3 Å². The van der Waals surface area contributed by atoms with Crippen molar-refractivity contribution < 1.29 is 4.74 Å². The van der Waals surface area contributed by atoms with Gasteiger partial charge >= 0.3 is 0 Å². The Labute approximate surface area is 71.2 Å². The molecule has 0 saturated heterocycles. The van der Waals surface area contributed by atoms with Gasteiger partial charge in [-0.1, -0.05) is 17.7 Å². The van der Waals surface area contributed by atoms with Crippen molar-refractivity contribution in [2.24, 2.45) is 0 Å². The molecule has 0 aliphatic rings. The predicted molar refractivity (Wildman–Crippen MR) is 44.8 cm³/mol. The van der Waals surface area contributed by atoms with E-state index in [0.717, 1.165) is 12.0 Å². The molecule has 0 atom stereocenters. The minimum atomic E-state index is 0.574. The summed E-state index contributed by atoms with van der Waals surface area (Å²) < 4.78 is 4.91. The van der Waals surface area contributed by atoms with Crippen molar-refractivity contribution >= 4 is 11.6 Å². The lowest BCUT2D eigenvalue weighted by Crippen LogP contribution is -1.95. The Balaban J connectivity index is 2.62. The molecule has 0 spiro atoms. The van der Waals surface area contributed by atoms with Crippen LogP contribution in [0.25, 0.3) is 0 Å². The van der Waals surface area contributed by atoms with Crippen molar-refractivity contribution in [3.05, 3.63) is 29.0 Å². The summed E-state index contributed by atoms with van der Waals surface area (Å²) in [6.45, 7) is 0.686. The number of aromatic nitrogens is 1. The monoisotopic (exact) mass is 171 g/mol. The van der Waals surface area contributed by atoms with Crippen molar-refractivity contribution in [2.45, 2.75) is 6.42 Å². The summed E-state index contributed by atoms with van der Waals surface area (Å²) in [6, 6.07) is 3.82. The van der Waals surface area contributed by atoms with Gasteiger partial charge in [0.25, 0.3) is 0 Å². The fourth-order valence-corrected chi connectivity index (χ4v) is 1.03. The number of halogens is 1. The Hall–Kier alpha value is -0.600. The molecule has 0 radical (unpaired) electrons. The maximum Gasteiger partial charge on any atom is 0.132 e. The third kappa shape index (κ3) is 2.48. The fourth-order valence-electron chi connectivity index (χ4n) is 0.818. The van der Waals surface area contributed by atoms with Crippen molar-refractivity contribution in [1.82, 2.24) is 4.98 Å². The molecule has 0 N–H and O–H groups in total. The van der Waals surface area contributed by atoms with Crippen LogP contribution in [-0.4, -0.2) is 18.7 Å². The minimum absolute atomic E-state index is 0.574. The van der Waals surface area contributed by atoms with Gasteiger partial charge in [-0.15, -0.1) is 0 Å². The van der Waals surface area contributed by atoms with Crippen molar-refractivity contribution in [3.8, 4) is 0 Å².